The van der Waals surface area contributed by atoms with E-state index in [9.17, 15) is 9.90 Å². The molecule has 0 spiro atoms. The molecule has 21 heavy (non-hydrogen) atoms. The van der Waals surface area contributed by atoms with Crippen molar-refractivity contribution in [1.29, 1.82) is 0 Å². The Kier molecular flexibility index (Phi) is 3.99. The monoisotopic (exact) mass is 294 g/mol. The van der Waals surface area contributed by atoms with Crippen LogP contribution in [0.15, 0.2) is 12.1 Å². The van der Waals surface area contributed by atoms with Gasteiger partial charge in [0.25, 0.3) is 0 Å². The van der Waals surface area contributed by atoms with Gasteiger partial charge in [-0.05, 0) is 13.8 Å². The molecule has 2 N–H and O–H groups in total. The van der Waals surface area contributed by atoms with Gasteiger partial charge in [-0.2, -0.15) is 4.68 Å². The highest BCUT2D eigenvalue weighted by Gasteiger charge is 2.23. The first-order chi connectivity index (χ1) is 9.91. The summed E-state index contributed by atoms with van der Waals surface area (Å²) in [5.74, 6) is 0.988. The van der Waals surface area contributed by atoms with Gasteiger partial charge in [-0.1, -0.05) is 5.21 Å². The zero-order valence-corrected chi connectivity index (χ0v) is 12.4. The molecule has 8 heteroatoms. The smallest absolute Gasteiger partial charge is 0.344 e. The molecular weight excluding hydrogens is 276 g/mol. The summed E-state index contributed by atoms with van der Waals surface area (Å²) in [5.41, 5.74) is 0.144. The van der Waals surface area contributed by atoms with E-state index in [2.05, 4.69) is 15.6 Å². The minimum Gasteiger partial charge on any atom is -0.497 e. The van der Waals surface area contributed by atoms with Crippen LogP contribution in [0.1, 0.15) is 13.8 Å². The lowest BCUT2D eigenvalue weighted by atomic mass is 10.1. The van der Waals surface area contributed by atoms with Crippen molar-refractivity contribution in [3.05, 3.63) is 12.1 Å². The standard InChI is InChI=1S/C13H18N4O4/c1-13(2,7-18)14-12(19)17-9-5-8(20-3)6-10(21-4)11(9)15-16-17/h5-6,18H,7H2,1-4H3,(H,14,19). The summed E-state index contributed by atoms with van der Waals surface area (Å²) in [4.78, 5) is 12.3. The number of hydrogen-bond acceptors (Lipinski definition) is 6. The number of aliphatic hydroxyl groups is 1. The highest BCUT2D eigenvalue weighted by molar-refractivity contribution is 5.91. The molecule has 1 aromatic heterocycles. The third-order valence-electron chi connectivity index (χ3n) is 2.98. The first-order valence-corrected chi connectivity index (χ1v) is 6.32. The van der Waals surface area contributed by atoms with Gasteiger partial charge in [0.15, 0.2) is 11.3 Å². The number of hydrogen-bond donors (Lipinski definition) is 2. The number of amides is 1. The fraction of sp³-hybridized carbons (Fsp3) is 0.462. The number of carbonyl (C=O) groups is 1. The summed E-state index contributed by atoms with van der Waals surface area (Å²) in [7, 11) is 3.02. The summed E-state index contributed by atoms with van der Waals surface area (Å²) < 4.78 is 11.5. The number of carbonyl (C=O) groups excluding carboxylic acids is 1. The zero-order valence-electron chi connectivity index (χ0n) is 12.4. The molecule has 0 aliphatic rings. The number of fused-ring (bicyclic) bond motifs is 1. The Morgan fingerprint density at radius 3 is 2.67 bits per heavy atom. The average Bonchev–Trinajstić information content (AvgIpc) is 2.89. The van der Waals surface area contributed by atoms with Gasteiger partial charge in [0.05, 0.1) is 26.4 Å². The Morgan fingerprint density at radius 2 is 2.10 bits per heavy atom. The summed E-state index contributed by atoms with van der Waals surface area (Å²) in [6.45, 7) is 3.20. The number of methoxy groups -OCH3 is 2. The maximum absolute atomic E-state index is 12.3. The number of aliphatic hydroxyl groups excluding tert-OH is 1. The molecule has 0 atom stereocenters. The molecule has 114 valence electrons. The SMILES string of the molecule is COc1cc(OC)c2nnn(C(=O)NC(C)(C)CO)c2c1. The third-order valence-corrected chi connectivity index (χ3v) is 2.98. The molecule has 1 aromatic carbocycles. The second kappa shape index (κ2) is 5.57. The van der Waals surface area contributed by atoms with Gasteiger partial charge in [-0.25, -0.2) is 4.79 Å². The quantitative estimate of drug-likeness (QED) is 0.864. The van der Waals surface area contributed by atoms with Crippen LogP contribution in [0.3, 0.4) is 0 Å². The average molecular weight is 294 g/mol. The van der Waals surface area contributed by atoms with E-state index in [0.717, 1.165) is 4.68 Å². The molecule has 0 saturated carbocycles. The maximum atomic E-state index is 12.3. The van der Waals surface area contributed by atoms with E-state index in [4.69, 9.17) is 9.47 Å². The van der Waals surface area contributed by atoms with Gasteiger partial charge < -0.3 is 19.9 Å². The minimum absolute atomic E-state index is 0.196. The summed E-state index contributed by atoms with van der Waals surface area (Å²) >= 11 is 0. The van der Waals surface area contributed by atoms with Crippen LogP contribution >= 0.6 is 0 Å². The summed E-state index contributed by atoms with van der Waals surface area (Å²) in [5, 5.41) is 19.7. The van der Waals surface area contributed by atoms with Gasteiger partial charge in [0.1, 0.15) is 11.3 Å². The Hall–Kier alpha value is -2.35. The van der Waals surface area contributed by atoms with Crippen LogP contribution in [-0.2, 0) is 0 Å². The molecule has 8 nitrogen and oxygen atoms in total. The van der Waals surface area contributed by atoms with Crippen molar-refractivity contribution < 1.29 is 19.4 Å². The van der Waals surface area contributed by atoms with E-state index < -0.39 is 11.6 Å². The van der Waals surface area contributed by atoms with Crippen molar-refractivity contribution in [3.63, 3.8) is 0 Å². The predicted octanol–water partition coefficient (Wildman–Crippen LogP) is 0.777. The van der Waals surface area contributed by atoms with Crippen molar-refractivity contribution in [2.45, 2.75) is 19.4 Å². The van der Waals surface area contributed by atoms with Crippen molar-refractivity contribution in [1.82, 2.24) is 20.3 Å². The van der Waals surface area contributed by atoms with Crippen LogP contribution in [0.25, 0.3) is 11.0 Å². The number of benzene rings is 1. The predicted molar refractivity (Wildman–Crippen MR) is 75.7 cm³/mol. The van der Waals surface area contributed by atoms with Crippen LogP contribution in [0.5, 0.6) is 11.5 Å². The van der Waals surface area contributed by atoms with Gasteiger partial charge >= 0.3 is 6.03 Å². The molecular formula is C13H18N4O4. The lowest BCUT2D eigenvalue weighted by Gasteiger charge is -2.22. The van der Waals surface area contributed by atoms with Crippen molar-refractivity contribution in [2.75, 3.05) is 20.8 Å². The van der Waals surface area contributed by atoms with Crippen LogP contribution in [0.4, 0.5) is 4.79 Å². The molecule has 0 bridgehead atoms. The van der Waals surface area contributed by atoms with Gasteiger partial charge in [0, 0.05) is 12.1 Å². The van der Waals surface area contributed by atoms with E-state index in [0.29, 0.717) is 22.5 Å². The first-order valence-electron chi connectivity index (χ1n) is 6.32. The van der Waals surface area contributed by atoms with Crippen LogP contribution < -0.4 is 14.8 Å². The molecule has 1 amide bonds. The van der Waals surface area contributed by atoms with Gasteiger partial charge in [0.2, 0.25) is 0 Å². The second-order valence-electron chi connectivity index (χ2n) is 5.17. The van der Waals surface area contributed by atoms with E-state index >= 15 is 0 Å². The summed E-state index contributed by atoms with van der Waals surface area (Å²) in [6, 6.07) is 2.81. The van der Waals surface area contributed by atoms with E-state index in [1.165, 1.54) is 14.2 Å². The molecule has 0 saturated heterocycles. The Morgan fingerprint density at radius 1 is 1.38 bits per heavy atom. The fourth-order valence-electron chi connectivity index (χ4n) is 1.77. The van der Waals surface area contributed by atoms with Crippen molar-refractivity contribution in [3.8, 4) is 11.5 Å². The Balaban J connectivity index is 2.48. The number of ether oxygens (including phenoxy) is 2. The lowest BCUT2D eigenvalue weighted by Crippen LogP contribution is -2.48. The van der Waals surface area contributed by atoms with Crippen LogP contribution in [0, 0.1) is 0 Å². The summed E-state index contributed by atoms with van der Waals surface area (Å²) in [6.07, 6.45) is 0. The highest BCUT2D eigenvalue weighted by Crippen LogP contribution is 2.29. The van der Waals surface area contributed by atoms with Gasteiger partial charge in [-0.3, -0.25) is 0 Å². The molecule has 0 unspecified atom stereocenters. The van der Waals surface area contributed by atoms with E-state index in [1.54, 1.807) is 26.0 Å². The Labute approximate surface area is 121 Å². The van der Waals surface area contributed by atoms with E-state index in [1.807, 2.05) is 0 Å². The zero-order chi connectivity index (χ0) is 15.6. The van der Waals surface area contributed by atoms with Crippen LogP contribution in [-0.4, -0.2) is 52.5 Å². The number of rotatable bonds is 4. The van der Waals surface area contributed by atoms with Crippen LogP contribution in [0.2, 0.25) is 0 Å². The highest BCUT2D eigenvalue weighted by atomic mass is 16.5. The molecule has 2 rings (SSSR count). The number of nitrogens with one attached hydrogen (secondary N) is 1. The molecule has 0 aliphatic carbocycles. The first kappa shape index (κ1) is 15.0. The number of aromatic nitrogens is 3. The molecule has 1 heterocycles. The minimum atomic E-state index is -0.766. The lowest BCUT2D eigenvalue weighted by molar-refractivity contribution is 0.181. The Bertz CT molecular complexity index is 665. The maximum Gasteiger partial charge on any atom is 0.344 e. The third kappa shape index (κ3) is 2.89. The molecule has 0 fully saturated rings. The topological polar surface area (TPSA) is 98.5 Å². The molecule has 0 radical (unpaired) electrons. The van der Waals surface area contributed by atoms with Gasteiger partial charge in [-0.15, -0.1) is 5.10 Å². The second-order valence-corrected chi connectivity index (χ2v) is 5.17. The fourth-order valence-corrected chi connectivity index (χ4v) is 1.77. The molecule has 2 aromatic rings. The normalized spacial score (nSPS) is 11.5. The van der Waals surface area contributed by atoms with E-state index in [-0.39, 0.29) is 6.61 Å². The van der Waals surface area contributed by atoms with Crippen molar-refractivity contribution in [2.24, 2.45) is 0 Å². The molecule has 0 aliphatic heterocycles. The largest absolute Gasteiger partial charge is 0.497 e. The number of nitrogens with zero attached hydrogens (tertiary/aromatic N) is 3. The van der Waals surface area contributed by atoms with Crippen molar-refractivity contribution >= 4 is 17.1 Å².